The van der Waals surface area contributed by atoms with Crippen LogP contribution in [-0.2, 0) is 0 Å². The van der Waals surface area contributed by atoms with E-state index < -0.39 is 11.9 Å². The number of amides is 1. The lowest BCUT2D eigenvalue weighted by molar-refractivity contribution is 0.0697. The zero-order chi connectivity index (χ0) is 15.7. The zero-order valence-corrected chi connectivity index (χ0v) is 11.8. The number of carboxylic acids is 1. The average Bonchev–Trinajstić information content (AvgIpc) is 3.17. The van der Waals surface area contributed by atoms with Crippen LogP contribution in [0.25, 0.3) is 22.2 Å². The van der Waals surface area contributed by atoms with E-state index in [4.69, 9.17) is 15.4 Å². The second-order valence-electron chi connectivity index (χ2n) is 4.37. The third-order valence-electron chi connectivity index (χ3n) is 2.88. The monoisotopic (exact) mass is 315 g/mol. The summed E-state index contributed by atoms with van der Waals surface area (Å²) in [7, 11) is 0. The van der Waals surface area contributed by atoms with Crippen LogP contribution in [0.4, 0.5) is 0 Å². The van der Waals surface area contributed by atoms with Crippen LogP contribution in [-0.4, -0.2) is 27.1 Å². The van der Waals surface area contributed by atoms with E-state index in [1.807, 2.05) is 17.5 Å². The van der Waals surface area contributed by atoms with Crippen LogP contribution in [0.2, 0.25) is 0 Å². The Morgan fingerprint density at radius 2 is 2.00 bits per heavy atom. The number of carbonyl (C=O) groups is 2. The van der Waals surface area contributed by atoms with Crippen molar-refractivity contribution in [3.8, 4) is 22.2 Å². The van der Waals surface area contributed by atoms with Crippen molar-refractivity contribution >= 4 is 23.2 Å². The van der Waals surface area contributed by atoms with Gasteiger partial charge in [0.2, 0.25) is 11.7 Å². The van der Waals surface area contributed by atoms with Gasteiger partial charge in [-0.2, -0.15) is 4.98 Å². The maximum atomic E-state index is 11.3. The molecule has 3 N–H and O–H groups in total. The van der Waals surface area contributed by atoms with Crippen LogP contribution >= 0.6 is 11.3 Å². The topological polar surface area (TPSA) is 119 Å². The fraction of sp³-hybridized carbons (Fsp3) is 0. The Labute approximate surface area is 128 Å². The number of carbonyl (C=O) groups excluding carboxylic acids is 1. The number of aromatic nitrogens is 2. The lowest BCUT2D eigenvalue weighted by Crippen LogP contribution is -2.12. The molecule has 1 amide bonds. The predicted molar refractivity (Wildman–Crippen MR) is 78.5 cm³/mol. The van der Waals surface area contributed by atoms with Crippen LogP contribution in [0.5, 0.6) is 0 Å². The Morgan fingerprint density at radius 1 is 1.23 bits per heavy atom. The van der Waals surface area contributed by atoms with Gasteiger partial charge in [0, 0.05) is 11.1 Å². The number of hydrogen-bond acceptors (Lipinski definition) is 6. The molecule has 110 valence electrons. The number of rotatable bonds is 4. The molecule has 7 nitrogen and oxygen atoms in total. The molecule has 0 aliphatic heterocycles. The highest BCUT2D eigenvalue weighted by atomic mass is 32.1. The lowest BCUT2D eigenvalue weighted by Gasteiger charge is -2.02. The first-order chi connectivity index (χ1) is 10.5. The molecular weight excluding hydrogens is 306 g/mol. The number of nitrogens with zero attached hydrogens (tertiary/aromatic N) is 2. The van der Waals surface area contributed by atoms with E-state index in [0.29, 0.717) is 11.4 Å². The quantitative estimate of drug-likeness (QED) is 0.762. The van der Waals surface area contributed by atoms with Crippen molar-refractivity contribution < 1.29 is 19.2 Å². The van der Waals surface area contributed by atoms with Gasteiger partial charge >= 0.3 is 5.97 Å². The SMILES string of the molecule is NC(=O)c1cc(C(=O)O)cc(-c2nc(-c3cccs3)no2)c1. The number of hydrogen-bond donors (Lipinski definition) is 2. The van der Waals surface area contributed by atoms with E-state index in [1.165, 1.54) is 29.5 Å². The van der Waals surface area contributed by atoms with Gasteiger partial charge in [-0.1, -0.05) is 11.2 Å². The Bertz CT molecular complexity index is 823. The van der Waals surface area contributed by atoms with Crippen LogP contribution in [0.3, 0.4) is 0 Å². The van der Waals surface area contributed by atoms with Crippen LogP contribution in [0.15, 0.2) is 40.2 Å². The molecule has 3 rings (SSSR count). The fourth-order valence-electron chi connectivity index (χ4n) is 1.86. The van der Waals surface area contributed by atoms with Crippen molar-refractivity contribution in [2.45, 2.75) is 0 Å². The highest BCUT2D eigenvalue weighted by Crippen LogP contribution is 2.26. The van der Waals surface area contributed by atoms with Gasteiger partial charge in [-0.25, -0.2) is 4.79 Å². The Kier molecular flexibility index (Phi) is 3.43. The van der Waals surface area contributed by atoms with Crippen LogP contribution in [0, 0.1) is 0 Å². The maximum Gasteiger partial charge on any atom is 0.335 e. The molecule has 0 radical (unpaired) electrons. The van der Waals surface area contributed by atoms with Crippen molar-refractivity contribution in [2.24, 2.45) is 5.73 Å². The first-order valence-corrected chi connectivity index (χ1v) is 6.98. The molecule has 0 unspecified atom stereocenters. The van der Waals surface area contributed by atoms with Crippen molar-refractivity contribution in [3.63, 3.8) is 0 Å². The second-order valence-corrected chi connectivity index (χ2v) is 5.32. The summed E-state index contributed by atoms with van der Waals surface area (Å²) in [5.74, 6) is -1.40. The third-order valence-corrected chi connectivity index (χ3v) is 3.74. The maximum absolute atomic E-state index is 11.3. The summed E-state index contributed by atoms with van der Waals surface area (Å²) in [5, 5.41) is 14.8. The molecule has 0 spiro atoms. The van der Waals surface area contributed by atoms with Gasteiger partial charge in [-0.3, -0.25) is 4.79 Å². The molecule has 2 heterocycles. The average molecular weight is 315 g/mol. The summed E-state index contributed by atoms with van der Waals surface area (Å²) in [6, 6.07) is 7.65. The van der Waals surface area contributed by atoms with Crippen molar-refractivity contribution in [2.75, 3.05) is 0 Å². The third kappa shape index (κ3) is 2.59. The number of carboxylic acid groups (broad SMARTS) is 1. The molecular formula is C14H9N3O4S. The van der Waals surface area contributed by atoms with Crippen molar-refractivity contribution in [1.82, 2.24) is 10.1 Å². The Morgan fingerprint density at radius 3 is 2.64 bits per heavy atom. The largest absolute Gasteiger partial charge is 0.478 e. The Hall–Kier alpha value is -3.00. The van der Waals surface area contributed by atoms with E-state index >= 15 is 0 Å². The molecule has 2 aromatic heterocycles. The molecule has 0 atom stereocenters. The molecule has 0 aliphatic rings. The normalized spacial score (nSPS) is 10.5. The van der Waals surface area contributed by atoms with Crippen molar-refractivity contribution in [1.29, 1.82) is 0 Å². The zero-order valence-electron chi connectivity index (χ0n) is 11.0. The molecule has 0 aliphatic carbocycles. The minimum absolute atomic E-state index is 0.0609. The molecule has 0 bridgehead atoms. The first-order valence-electron chi connectivity index (χ1n) is 6.11. The van der Waals surface area contributed by atoms with Crippen LogP contribution in [0.1, 0.15) is 20.7 Å². The minimum Gasteiger partial charge on any atom is -0.478 e. The molecule has 0 saturated carbocycles. The first kappa shape index (κ1) is 14.0. The molecule has 0 saturated heterocycles. The van der Waals surface area contributed by atoms with Gasteiger partial charge in [0.15, 0.2) is 0 Å². The summed E-state index contributed by atoms with van der Waals surface area (Å²) in [4.78, 5) is 27.5. The van der Waals surface area contributed by atoms with E-state index in [9.17, 15) is 9.59 Å². The van der Waals surface area contributed by atoms with E-state index in [2.05, 4.69) is 10.1 Å². The van der Waals surface area contributed by atoms with Gasteiger partial charge in [0.05, 0.1) is 10.4 Å². The van der Waals surface area contributed by atoms with E-state index in [-0.39, 0.29) is 17.0 Å². The fourth-order valence-corrected chi connectivity index (χ4v) is 2.51. The summed E-state index contributed by atoms with van der Waals surface area (Å²) >= 11 is 1.45. The van der Waals surface area contributed by atoms with Crippen LogP contribution < -0.4 is 5.73 Å². The Balaban J connectivity index is 2.08. The summed E-state index contributed by atoms with van der Waals surface area (Å²) in [6.45, 7) is 0. The van der Waals surface area contributed by atoms with Gasteiger partial charge in [-0.15, -0.1) is 11.3 Å². The standard InChI is InChI=1S/C14H9N3O4S/c15-11(18)7-4-8(6-9(5-7)14(19)20)13-16-12(17-21-13)10-2-1-3-22-10/h1-6H,(H2,15,18)(H,19,20). The van der Waals surface area contributed by atoms with E-state index in [1.54, 1.807) is 0 Å². The van der Waals surface area contributed by atoms with Gasteiger partial charge in [0.25, 0.3) is 5.89 Å². The van der Waals surface area contributed by atoms with Gasteiger partial charge < -0.3 is 15.4 Å². The highest BCUT2D eigenvalue weighted by molar-refractivity contribution is 7.13. The second kappa shape index (κ2) is 5.41. The summed E-state index contributed by atoms with van der Waals surface area (Å²) in [6.07, 6.45) is 0. The number of primary amides is 1. The van der Waals surface area contributed by atoms with E-state index in [0.717, 1.165) is 4.88 Å². The summed E-state index contributed by atoms with van der Waals surface area (Å²) < 4.78 is 5.14. The molecule has 3 aromatic rings. The molecule has 1 aromatic carbocycles. The molecule has 8 heteroatoms. The number of benzene rings is 1. The number of nitrogens with two attached hydrogens (primary N) is 1. The molecule has 22 heavy (non-hydrogen) atoms. The van der Waals surface area contributed by atoms with Gasteiger partial charge in [0.1, 0.15) is 0 Å². The lowest BCUT2D eigenvalue weighted by atomic mass is 10.1. The highest BCUT2D eigenvalue weighted by Gasteiger charge is 2.16. The number of aromatic carboxylic acids is 1. The molecule has 0 fully saturated rings. The smallest absolute Gasteiger partial charge is 0.335 e. The van der Waals surface area contributed by atoms with Gasteiger partial charge in [-0.05, 0) is 29.6 Å². The predicted octanol–water partition coefficient (Wildman–Crippen LogP) is 2.26. The minimum atomic E-state index is -1.18. The van der Waals surface area contributed by atoms with Crippen molar-refractivity contribution in [3.05, 3.63) is 46.8 Å². The summed E-state index contributed by atoms with van der Waals surface area (Å²) in [5.41, 5.74) is 5.52. The number of thiophene rings is 1.